The predicted octanol–water partition coefficient (Wildman–Crippen LogP) is 3.58. The number of nitrogens with one attached hydrogen (secondary N) is 1. The molecule has 0 saturated heterocycles. The highest BCUT2D eigenvalue weighted by atomic mass is 32.1. The molecule has 2 heterocycles. The summed E-state index contributed by atoms with van der Waals surface area (Å²) in [5.41, 5.74) is 1.37. The molecule has 0 atom stereocenters. The van der Waals surface area contributed by atoms with Crippen LogP contribution in [0.3, 0.4) is 0 Å². The largest absolute Gasteiger partial charge is 0.363 e. The highest BCUT2D eigenvalue weighted by molar-refractivity contribution is 7.18. The Balaban J connectivity index is 1.70. The van der Waals surface area contributed by atoms with Crippen molar-refractivity contribution in [3.8, 4) is 0 Å². The lowest BCUT2D eigenvalue weighted by molar-refractivity contribution is 0.0932. The summed E-state index contributed by atoms with van der Waals surface area (Å²) in [4.78, 5) is 15.7. The van der Waals surface area contributed by atoms with Gasteiger partial charge in [0.05, 0.1) is 9.88 Å². The molecule has 0 aromatic carbocycles. The van der Waals surface area contributed by atoms with Crippen LogP contribution in [-0.4, -0.2) is 25.0 Å². The Labute approximate surface area is 125 Å². The van der Waals surface area contributed by atoms with Crippen molar-refractivity contribution >= 4 is 22.2 Å². The van der Waals surface area contributed by atoms with Crippen LogP contribution in [0, 0.1) is 0 Å². The molecule has 110 valence electrons. The van der Waals surface area contributed by atoms with Gasteiger partial charge in [0.25, 0.3) is 5.91 Å². The number of rotatable bonds is 3. The molecule has 0 radical (unpaired) electrons. The first-order chi connectivity index (χ1) is 9.78. The third-order valence-electron chi connectivity index (χ3n) is 4.49. The number of hydrogen-bond acceptors (Lipinski definition) is 3. The quantitative estimate of drug-likeness (QED) is 0.923. The van der Waals surface area contributed by atoms with E-state index in [0.29, 0.717) is 6.04 Å². The van der Waals surface area contributed by atoms with Gasteiger partial charge in [-0.2, -0.15) is 0 Å². The van der Waals surface area contributed by atoms with E-state index in [-0.39, 0.29) is 5.91 Å². The van der Waals surface area contributed by atoms with Gasteiger partial charge in [0.2, 0.25) is 0 Å². The smallest absolute Gasteiger partial charge is 0.261 e. The molecule has 1 fully saturated rings. The monoisotopic (exact) mass is 292 g/mol. The van der Waals surface area contributed by atoms with Crippen LogP contribution < -0.4 is 10.2 Å². The van der Waals surface area contributed by atoms with E-state index in [2.05, 4.69) is 23.2 Å². The first-order valence-electron chi connectivity index (χ1n) is 7.96. The Bertz CT molecular complexity index is 477. The fraction of sp³-hybridized carbons (Fsp3) is 0.688. The van der Waals surface area contributed by atoms with Crippen molar-refractivity contribution < 1.29 is 4.79 Å². The van der Waals surface area contributed by atoms with E-state index >= 15 is 0 Å². The van der Waals surface area contributed by atoms with Crippen LogP contribution in [-0.2, 0) is 6.42 Å². The summed E-state index contributed by atoms with van der Waals surface area (Å²) in [6.45, 7) is 4.36. The Morgan fingerprint density at radius 1 is 1.35 bits per heavy atom. The summed E-state index contributed by atoms with van der Waals surface area (Å²) in [6.07, 6.45) is 8.48. The van der Waals surface area contributed by atoms with Gasteiger partial charge in [0, 0.05) is 19.1 Å². The number of hydrogen-bond donors (Lipinski definition) is 1. The van der Waals surface area contributed by atoms with E-state index in [4.69, 9.17) is 0 Å². The molecule has 0 bridgehead atoms. The first-order valence-corrected chi connectivity index (χ1v) is 8.78. The van der Waals surface area contributed by atoms with Crippen molar-refractivity contribution in [1.29, 1.82) is 0 Å². The highest BCUT2D eigenvalue weighted by Crippen LogP contribution is 2.35. The van der Waals surface area contributed by atoms with Crippen molar-refractivity contribution in [3.63, 3.8) is 0 Å². The molecule has 4 heteroatoms. The van der Waals surface area contributed by atoms with Gasteiger partial charge in [-0.1, -0.05) is 19.3 Å². The molecule has 1 aliphatic carbocycles. The molecule has 3 nitrogen and oxygen atoms in total. The molecule has 20 heavy (non-hydrogen) atoms. The Morgan fingerprint density at radius 3 is 2.90 bits per heavy atom. The second-order valence-electron chi connectivity index (χ2n) is 5.93. The number of anilines is 1. The molecule has 2 aliphatic rings. The van der Waals surface area contributed by atoms with Gasteiger partial charge in [-0.25, -0.2) is 0 Å². The molecule has 1 aliphatic heterocycles. The summed E-state index contributed by atoms with van der Waals surface area (Å²) < 4.78 is 0. The number of carbonyl (C=O) groups is 1. The first kappa shape index (κ1) is 13.9. The minimum absolute atomic E-state index is 0.146. The van der Waals surface area contributed by atoms with Crippen molar-refractivity contribution in [2.75, 3.05) is 18.0 Å². The highest BCUT2D eigenvalue weighted by Gasteiger charge is 2.23. The van der Waals surface area contributed by atoms with Crippen molar-refractivity contribution in [3.05, 3.63) is 16.5 Å². The predicted molar refractivity (Wildman–Crippen MR) is 84.9 cm³/mol. The molecule has 1 saturated carbocycles. The minimum Gasteiger partial charge on any atom is -0.363 e. The van der Waals surface area contributed by atoms with E-state index in [0.717, 1.165) is 37.2 Å². The van der Waals surface area contributed by atoms with Gasteiger partial charge in [0.15, 0.2) is 0 Å². The van der Waals surface area contributed by atoms with Crippen LogP contribution in [0.2, 0.25) is 0 Å². The summed E-state index contributed by atoms with van der Waals surface area (Å²) in [7, 11) is 0. The Morgan fingerprint density at radius 2 is 2.15 bits per heavy atom. The van der Waals surface area contributed by atoms with Crippen LogP contribution in [0.15, 0.2) is 6.07 Å². The molecule has 1 aromatic heterocycles. The molecule has 3 rings (SSSR count). The number of fused-ring (bicyclic) bond motifs is 1. The minimum atomic E-state index is 0.146. The van der Waals surface area contributed by atoms with Crippen LogP contribution in [0.4, 0.5) is 5.00 Å². The van der Waals surface area contributed by atoms with E-state index in [1.54, 1.807) is 11.3 Å². The third kappa shape index (κ3) is 2.85. The fourth-order valence-electron chi connectivity index (χ4n) is 3.34. The van der Waals surface area contributed by atoms with Gasteiger partial charge in [-0.3, -0.25) is 4.79 Å². The number of amides is 1. The zero-order chi connectivity index (χ0) is 13.9. The maximum atomic E-state index is 12.4. The van der Waals surface area contributed by atoms with Crippen molar-refractivity contribution in [2.24, 2.45) is 0 Å². The van der Waals surface area contributed by atoms with E-state index in [9.17, 15) is 4.79 Å². The van der Waals surface area contributed by atoms with E-state index in [1.807, 2.05) is 0 Å². The molecule has 0 spiro atoms. The SMILES string of the molecule is CCN1CCCc2cc(C(=O)NC3CCCCC3)sc21. The van der Waals surface area contributed by atoms with Gasteiger partial charge in [-0.05, 0) is 44.2 Å². The normalized spacial score (nSPS) is 19.8. The fourth-order valence-corrected chi connectivity index (χ4v) is 4.55. The number of nitrogens with zero attached hydrogens (tertiary/aromatic N) is 1. The topological polar surface area (TPSA) is 32.3 Å². The van der Waals surface area contributed by atoms with Crippen molar-refractivity contribution in [1.82, 2.24) is 5.32 Å². The average molecular weight is 292 g/mol. The second-order valence-corrected chi connectivity index (χ2v) is 6.96. The second kappa shape index (κ2) is 6.17. The van der Waals surface area contributed by atoms with Gasteiger partial charge in [-0.15, -0.1) is 11.3 Å². The Kier molecular flexibility index (Phi) is 4.29. The van der Waals surface area contributed by atoms with Crippen LogP contribution in [0.1, 0.15) is 60.7 Å². The maximum Gasteiger partial charge on any atom is 0.261 e. The van der Waals surface area contributed by atoms with Crippen LogP contribution >= 0.6 is 11.3 Å². The lowest BCUT2D eigenvalue weighted by Crippen LogP contribution is -2.35. The summed E-state index contributed by atoms with van der Waals surface area (Å²) >= 11 is 1.68. The molecule has 1 amide bonds. The van der Waals surface area contributed by atoms with Gasteiger partial charge >= 0.3 is 0 Å². The van der Waals surface area contributed by atoms with Crippen LogP contribution in [0.5, 0.6) is 0 Å². The number of thiophene rings is 1. The molecule has 0 unspecified atom stereocenters. The summed E-state index contributed by atoms with van der Waals surface area (Å²) in [5, 5.41) is 4.56. The number of carbonyl (C=O) groups excluding carboxylic acids is 1. The summed E-state index contributed by atoms with van der Waals surface area (Å²) in [5.74, 6) is 0.146. The lowest BCUT2D eigenvalue weighted by atomic mass is 9.95. The molecular formula is C16H24N2OS. The standard InChI is InChI=1S/C16H24N2OS/c1-2-18-10-6-7-12-11-14(20-16(12)18)15(19)17-13-8-4-3-5-9-13/h11,13H,2-10H2,1H3,(H,17,19). The van der Waals surface area contributed by atoms with Gasteiger partial charge < -0.3 is 10.2 Å². The third-order valence-corrected chi connectivity index (χ3v) is 5.73. The zero-order valence-corrected chi connectivity index (χ0v) is 13.1. The van der Waals surface area contributed by atoms with Gasteiger partial charge in [0.1, 0.15) is 0 Å². The van der Waals surface area contributed by atoms with E-state index in [1.165, 1.54) is 36.2 Å². The van der Waals surface area contributed by atoms with Crippen molar-refractivity contribution in [2.45, 2.75) is 57.9 Å². The zero-order valence-electron chi connectivity index (χ0n) is 12.3. The molecular weight excluding hydrogens is 268 g/mol. The Hall–Kier alpha value is -1.03. The number of aryl methyl sites for hydroxylation is 1. The molecule has 1 N–H and O–H groups in total. The average Bonchev–Trinajstić information content (AvgIpc) is 2.92. The maximum absolute atomic E-state index is 12.4. The molecule has 1 aromatic rings. The lowest BCUT2D eigenvalue weighted by Gasteiger charge is -2.26. The van der Waals surface area contributed by atoms with E-state index < -0.39 is 0 Å². The van der Waals surface area contributed by atoms with Crippen LogP contribution in [0.25, 0.3) is 0 Å². The summed E-state index contributed by atoms with van der Waals surface area (Å²) in [6, 6.07) is 2.53.